The van der Waals surface area contributed by atoms with Crippen molar-refractivity contribution in [3.63, 3.8) is 0 Å². The minimum atomic E-state index is 0.272. The normalized spacial score (nSPS) is 25.9. The molecule has 0 saturated carbocycles. The van der Waals surface area contributed by atoms with Gasteiger partial charge in [-0.05, 0) is 18.4 Å². The van der Waals surface area contributed by atoms with E-state index < -0.39 is 0 Å². The van der Waals surface area contributed by atoms with Gasteiger partial charge in [0.05, 0.1) is 0 Å². The predicted molar refractivity (Wildman–Crippen MR) is 56.4 cm³/mol. The Labute approximate surface area is 83.4 Å². The Morgan fingerprint density at radius 3 is 2.93 bits per heavy atom. The molecule has 5 nitrogen and oxygen atoms in total. The van der Waals surface area contributed by atoms with Crippen molar-refractivity contribution in [2.45, 2.75) is 26.8 Å². The Kier molecular flexibility index (Phi) is 2.03. The molecule has 76 valence electrons. The highest BCUT2D eigenvalue weighted by atomic mass is 15.6. The number of hydrogen-bond donors (Lipinski definition) is 2. The molecule has 1 atom stereocenters. The van der Waals surface area contributed by atoms with Gasteiger partial charge in [-0.2, -0.15) is 0 Å². The molecule has 3 N–H and O–H groups in total. The molecule has 0 aliphatic carbocycles. The van der Waals surface area contributed by atoms with Gasteiger partial charge in [0.1, 0.15) is 6.34 Å². The first-order valence-corrected chi connectivity index (χ1v) is 4.77. The van der Waals surface area contributed by atoms with Crippen LogP contribution in [0.25, 0.3) is 0 Å². The van der Waals surface area contributed by atoms with Crippen LogP contribution >= 0.6 is 0 Å². The van der Waals surface area contributed by atoms with Gasteiger partial charge in [0.15, 0.2) is 5.82 Å². The Hall–Kier alpha value is -1.36. The van der Waals surface area contributed by atoms with E-state index in [1.807, 2.05) is 0 Å². The fourth-order valence-electron chi connectivity index (χ4n) is 1.91. The van der Waals surface area contributed by atoms with Crippen LogP contribution < -0.4 is 11.2 Å². The summed E-state index contributed by atoms with van der Waals surface area (Å²) in [5, 5.41) is 1.75. The molecule has 0 aromatic heterocycles. The standard InChI is InChI=1S/C9H15N5/c1-5(2)7-6(3)13-14-8(7)11-4-12-9(14)10/h4-6,13H,1-3H3,(H2,10,11,12). The predicted octanol–water partition coefficient (Wildman–Crippen LogP) is 0.419. The van der Waals surface area contributed by atoms with E-state index in [2.05, 4.69) is 36.2 Å². The Balaban J connectivity index is 2.43. The van der Waals surface area contributed by atoms with Gasteiger partial charge in [-0.15, -0.1) is 0 Å². The quantitative estimate of drug-likeness (QED) is 0.634. The number of hydrogen-bond acceptors (Lipinski definition) is 5. The first kappa shape index (κ1) is 9.21. The Morgan fingerprint density at radius 2 is 2.29 bits per heavy atom. The highest BCUT2D eigenvalue weighted by Crippen LogP contribution is 2.28. The molecular weight excluding hydrogens is 178 g/mol. The number of fused-ring (bicyclic) bond motifs is 1. The zero-order valence-electron chi connectivity index (χ0n) is 8.65. The Bertz CT molecular complexity index is 339. The van der Waals surface area contributed by atoms with E-state index in [-0.39, 0.29) is 6.04 Å². The molecule has 2 heterocycles. The lowest BCUT2D eigenvalue weighted by Gasteiger charge is -2.20. The molecule has 14 heavy (non-hydrogen) atoms. The van der Waals surface area contributed by atoms with E-state index in [1.165, 1.54) is 11.9 Å². The number of nitrogens with one attached hydrogen (secondary N) is 1. The molecule has 0 aromatic carbocycles. The molecule has 0 fully saturated rings. The molecule has 0 radical (unpaired) electrons. The van der Waals surface area contributed by atoms with Gasteiger partial charge in [0, 0.05) is 6.04 Å². The molecule has 0 aromatic rings. The van der Waals surface area contributed by atoms with Crippen LogP contribution in [-0.2, 0) is 0 Å². The third kappa shape index (κ3) is 1.21. The first-order valence-electron chi connectivity index (χ1n) is 4.77. The summed E-state index contributed by atoms with van der Waals surface area (Å²) in [5.41, 5.74) is 10.2. The number of nitrogens with zero attached hydrogens (tertiary/aromatic N) is 3. The molecule has 0 bridgehead atoms. The van der Waals surface area contributed by atoms with Crippen molar-refractivity contribution in [2.24, 2.45) is 21.6 Å². The fourth-order valence-corrected chi connectivity index (χ4v) is 1.91. The summed E-state index contributed by atoms with van der Waals surface area (Å²) < 4.78 is 0. The van der Waals surface area contributed by atoms with E-state index in [0.29, 0.717) is 11.9 Å². The molecule has 2 aliphatic heterocycles. The van der Waals surface area contributed by atoms with Crippen molar-refractivity contribution in [1.29, 1.82) is 0 Å². The third-order valence-corrected chi connectivity index (χ3v) is 2.48. The maximum atomic E-state index is 5.73. The summed E-state index contributed by atoms with van der Waals surface area (Å²) in [6.07, 6.45) is 1.50. The maximum Gasteiger partial charge on any atom is 0.218 e. The van der Waals surface area contributed by atoms with Crippen molar-refractivity contribution < 1.29 is 0 Å². The second kappa shape index (κ2) is 3.09. The van der Waals surface area contributed by atoms with Crippen molar-refractivity contribution in [3.8, 4) is 0 Å². The minimum Gasteiger partial charge on any atom is -0.368 e. The number of hydrazine groups is 1. The van der Waals surface area contributed by atoms with Crippen LogP contribution in [0, 0.1) is 5.92 Å². The summed E-state index contributed by atoms with van der Waals surface area (Å²) in [6.45, 7) is 6.41. The number of aliphatic imine (C=N–C) groups is 2. The number of rotatable bonds is 1. The van der Waals surface area contributed by atoms with Gasteiger partial charge < -0.3 is 5.73 Å². The van der Waals surface area contributed by atoms with Gasteiger partial charge >= 0.3 is 0 Å². The summed E-state index contributed by atoms with van der Waals surface area (Å²) >= 11 is 0. The third-order valence-electron chi connectivity index (χ3n) is 2.48. The zero-order chi connectivity index (χ0) is 10.3. The summed E-state index contributed by atoms with van der Waals surface area (Å²) in [6, 6.07) is 0.272. The lowest BCUT2D eigenvalue weighted by molar-refractivity contribution is 0.380. The second-order valence-corrected chi connectivity index (χ2v) is 3.85. The zero-order valence-corrected chi connectivity index (χ0v) is 8.65. The van der Waals surface area contributed by atoms with Crippen LogP contribution in [0.15, 0.2) is 21.4 Å². The Morgan fingerprint density at radius 1 is 1.57 bits per heavy atom. The fraction of sp³-hybridized carbons (Fsp3) is 0.556. The highest BCUT2D eigenvalue weighted by molar-refractivity contribution is 5.89. The van der Waals surface area contributed by atoms with Gasteiger partial charge in [0.2, 0.25) is 5.96 Å². The first-order chi connectivity index (χ1) is 6.61. The van der Waals surface area contributed by atoms with E-state index in [4.69, 9.17) is 5.73 Å². The topological polar surface area (TPSA) is 66.0 Å². The smallest absolute Gasteiger partial charge is 0.218 e. The van der Waals surface area contributed by atoms with Crippen LogP contribution in [0.2, 0.25) is 0 Å². The molecule has 2 rings (SSSR count). The number of nitrogens with two attached hydrogens (primary N) is 1. The lowest BCUT2D eigenvalue weighted by Crippen LogP contribution is -2.45. The maximum absolute atomic E-state index is 5.73. The van der Waals surface area contributed by atoms with Crippen molar-refractivity contribution in [1.82, 2.24) is 10.4 Å². The van der Waals surface area contributed by atoms with Crippen molar-refractivity contribution >= 4 is 12.3 Å². The summed E-state index contributed by atoms with van der Waals surface area (Å²) in [5.74, 6) is 1.82. The molecule has 0 saturated heterocycles. The lowest BCUT2D eigenvalue weighted by atomic mass is 9.98. The molecule has 1 unspecified atom stereocenters. The molecule has 2 aliphatic rings. The van der Waals surface area contributed by atoms with E-state index in [1.54, 1.807) is 5.01 Å². The monoisotopic (exact) mass is 193 g/mol. The summed E-state index contributed by atoms with van der Waals surface area (Å²) in [7, 11) is 0. The van der Waals surface area contributed by atoms with E-state index in [9.17, 15) is 0 Å². The minimum absolute atomic E-state index is 0.272. The summed E-state index contributed by atoms with van der Waals surface area (Å²) in [4.78, 5) is 8.18. The van der Waals surface area contributed by atoms with Crippen LogP contribution in [0.4, 0.5) is 0 Å². The van der Waals surface area contributed by atoms with Crippen LogP contribution in [0.3, 0.4) is 0 Å². The number of guanidine groups is 1. The molecule has 0 spiro atoms. The van der Waals surface area contributed by atoms with Crippen LogP contribution in [-0.4, -0.2) is 23.3 Å². The van der Waals surface area contributed by atoms with E-state index in [0.717, 1.165) is 5.82 Å². The average molecular weight is 193 g/mol. The van der Waals surface area contributed by atoms with Crippen LogP contribution in [0.5, 0.6) is 0 Å². The molecule has 5 heteroatoms. The second-order valence-electron chi connectivity index (χ2n) is 3.85. The SMILES string of the molecule is CC(C)C1=C2N=CN=C(N)N2NC1C. The van der Waals surface area contributed by atoms with Gasteiger partial charge in [-0.3, -0.25) is 0 Å². The molecular formula is C9H15N5. The highest BCUT2D eigenvalue weighted by Gasteiger charge is 2.32. The van der Waals surface area contributed by atoms with E-state index >= 15 is 0 Å². The molecule has 0 amide bonds. The van der Waals surface area contributed by atoms with Gasteiger partial charge in [-0.25, -0.2) is 20.4 Å². The largest absolute Gasteiger partial charge is 0.368 e. The van der Waals surface area contributed by atoms with Gasteiger partial charge in [0.25, 0.3) is 0 Å². The average Bonchev–Trinajstić information content (AvgIpc) is 2.42. The van der Waals surface area contributed by atoms with Crippen molar-refractivity contribution in [3.05, 3.63) is 11.4 Å². The van der Waals surface area contributed by atoms with Crippen LogP contribution in [0.1, 0.15) is 20.8 Å². The van der Waals surface area contributed by atoms with Gasteiger partial charge in [-0.1, -0.05) is 13.8 Å². The van der Waals surface area contributed by atoms with Crippen molar-refractivity contribution in [2.75, 3.05) is 0 Å².